The second-order valence-electron chi connectivity index (χ2n) is 6.02. The molecule has 20 heavy (non-hydrogen) atoms. The Labute approximate surface area is 123 Å². The topological polar surface area (TPSA) is 41.1 Å². The largest absolute Gasteiger partial charge is 0.349 e. The molecule has 0 aliphatic heterocycles. The van der Waals surface area contributed by atoms with Crippen LogP contribution in [0.15, 0.2) is 30.3 Å². The molecule has 0 fully saturated rings. The lowest BCUT2D eigenvalue weighted by Crippen LogP contribution is -2.33. The van der Waals surface area contributed by atoms with E-state index in [-0.39, 0.29) is 11.9 Å². The molecule has 1 aromatic carbocycles. The van der Waals surface area contributed by atoms with Crippen molar-refractivity contribution >= 4 is 5.91 Å². The SMILES string of the molecule is CC(C)CC(NC(=O)CCNC(C)C)c1ccccc1. The fourth-order valence-corrected chi connectivity index (χ4v) is 2.18. The van der Waals surface area contributed by atoms with Crippen LogP contribution in [-0.4, -0.2) is 18.5 Å². The quantitative estimate of drug-likeness (QED) is 0.765. The summed E-state index contributed by atoms with van der Waals surface area (Å²) in [5.74, 6) is 0.668. The Kier molecular flexibility index (Phi) is 7.31. The average Bonchev–Trinajstić information content (AvgIpc) is 2.38. The lowest BCUT2D eigenvalue weighted by Gasteiger charge is -2.21. The van der Waals surface area contributed by atoms with Gasteiger partial charge >= 0.3 is 0 Å². The maximum absolute atomic E-state index is 12.0. The van der Waals surface area contributed by atoms with Gasteiger partial charge in [-0.15, -0.1) is 0 Å². The molecule has 2 N–H and O–H groups in total. The standard InChI is InChI=1S/C17H28N2O/c1-13(2)12-16(15-8-6-5-7-9-15)19-17(20)10-11-18-14(3)4/h5-9,13-14,16,18H,10-12H2,1-4H3,(H,19,20). The van der Waals surface area contributed by atoms with E-state index in [1.54, 1.807) is 0 Å². The van der Waals surface area contributed by atoms with Gasteiger partial charge in [-0.3, -0.25) is 4.79 Å². The minimum Gasteiger partial charge on any atom is -0.349 e. The van der Waals surface area contributed by atoms with Gasteiger partial charge in [0.05, 0.1) is 6.04 Å². The van der Waals surface area contributed by atoms with Gasteiger partial charge in [0.25, 0.3) is 0 Å². The number of hydrogen-bond donors (Lipinski definition) is 2. The van der Waals surface area contributed by atoms with Crippen molar-refractivity contribution in [3.63, 3.8) is 0 Å². The highest BCUT2D eigenvalue weighted by Crippen LogP contribution is 2.21. The molecule has 0 aromatic heterocycles. The summed E-state index contributed by atoms with van der Waals surface area (Å²) in [6, 6.07) is 10.7. The van der Waals surface area contributed by atoms with Gasteiger partial charge in [-0.1, -0.05) is 58.0 Å². The Morgan fingerprint density at radius 3 is 2.30 bits per heavy atom. The third-order valence-corrected chi connectivity index (χ3v) is 3.15. The Hall–Kier alpha value is -1.35. The molecule has 0 spiro atoms. The fourth-order valence-electron chi connectivity index (χ4n) is 2.18. The lowest BCUT2D eigenvalue weighted by atomic mass is 9.97. The van der Waals surface area contributed by atoms with Crippen molar-refractivity contribution < 1.29 is 4.79 Å². The Morgan fingerprint density at radius 1 is 1.10 bits per heavy atom. The van der Waals surface area contributed by atoms with Crippen LogP contribution in [0.3, 0.4) is 0 Å². The summed E-state index contributed by atoms with van der Waals surface area (Å²) in [5, 5.41) is 6.43. The zero-order valence-electron chi connectivity index (χ0n) is 13.1. The fraction of sp³-hybridized carbons (Fsp3) is 0.588. The first kappa shape index (κ1) is 16.7. The van der Waals surface area contributed by atoms with Gasteiger partial charge < -0.3 is 10.6 Å². The highest BCUT2D eigenvalue weighted by atomic mass is 16.1. The summed E-state index contributed by atoms with van der Waals surface area (Å²) in [6.07, 6.45) is 1.49. The molecule has 1 rings (SSSR count). The van der Waals surface area contributed by atoms with Crippen LogP contribution in [0, 0.1) is 5.92 Å². The summed E-state index contributed by atoms with van der Waals surface area (Å²) in [6.45, 7) is 9.27. The van der Waals surface area contributed by atoms with E-state index < -0.39 is 0 Å². The van der Waals surface area contributed by atoms with E-state index in [9.17, 15) is 4.79 Å². The number of carbonyl (C=O) groups is 1. The smallest absolute Gasteiger partial charge is 0.221 e. The van der Waals surface area contributed by atoms with E-state index in [0.717, 1.165) is 13.0 Å². The van der Waals surface area contributed by atoms with Crippen molar-refractivity contribution in [3.05, 3.63) is 35.9 Å². The summed E-state index contributed by atoms with van der Waals surface area (Å²) in [4.78, 5) is 12.0. The van der Waals surface area contributed by atoms with Crippen molar-refractivity contribution in [1.82, 2.24) is 10.6 Å². The predicted molar refractivity (Wildman–Crippen MR) is 84.5 cm³/mol. The maximum atomic E-state index is 12.0. The number of nitrogens with one attached hydrogen (secondary N) is 2. The van der Waals surface area contributed by atoms with Crippen LogP contribution >= 0.6 is 0 Å². The zero-order chi connectivity index (χ0) is 15.0. The van der Waals surface area contributed by atoms with Crippen molar-refractivity contribution in [2.24, 2.45) is 5.92 Å². The average molecular weight is 276 g/mol. The van der Waals surface area contributed by atoms with Crippen molar-refractivity contribution in [2.75, 3.05) is 6.54 Å². The normalized spacial score (nSPS) is 12.7. The lowest BCUT2D eigenvalue weighted by molar-refractivity contribution is -0.121. The van der Waals surface area contributed by atoms with Gasteiger partial charge in [0.2, 0.25) is 5.91 Å². The first-order chi connectivity index (χ1) is 9.49. The molecule has 1 amide bonds. The number of rotatable bonds is 8. The Morgan fingerprint density at radius 2 is 1.75 bits per heavy atom. The molecular formula is C17H28N2O. The van der Waals surface area contributed by atoms with E-state index in [2.05, 4.69) is 50.5 Å². The molecule has 1 atom stereocenters. The Balaban J connectivity index is 2.55. The van der Waals surface area contributed by atoms with E-state index in [1.165, 1.54) is 5.56 Å². The summed E-state index contributed by atoms with van der Waals surface area (Å²) in [7, 11) is 0. The van der Waals surface area contributed by atoms with Crippen LogP contribution in [-0.2, 0) is 4.79 Å². The minimum absolute atomic E-state index is 0.114. The van der Waals surface area contributed by atoms with Crippen LogP contribution in [0.5, 0.6) is 0 Å². The highest BCUT2D eigenvalue weighted by Gasteiger charge is 2.15. The van der Waals surface area contributed by atoms with Crippen molar-refractivity contribution in [1.29, 1.82) is 0 Å². The molecule has 112 valence electrons. The summed E-state index contributed by atoms with van der Waals surface area (Å²) < 4.78 is 0. The van der Waals surface area contributed by atoms with Gasteiger partial charge in [0, 0.05) is 19.0 Å². The number of benzene rings is 1. The minimum atomic E-state index is 0.114. The molecule has 0 heterocycles. The molecule has 1 aromatic rings. The Bertz CT molecular complexity index is 387. The monoisotopic (exact) mass is 276 g/mol. The molecule has 1 unspecified atom stereocenters. The second kappa shape index (κ2) is 8.75. The second-order valence-corrected chi connectivity index (χ2v) is 6.02. The summed E-state index contributed by atoms with van der Waals surface area (Å²) in [5.41, 5.74) is 1.19. The van der Waals surface area contributed by atoms with Crippen LogP contribution in [0.2, 0.25) is 0 Å². The van der Waals surface area contributed by atoms with E-state index >= 15 is 0 Å². The molecule has 0 aliphatic carbocycles. The van der Waals surface area contributed by atoms with Gasteiger partial charge in [-0.2, -0.15) is 0 Å². The van der Waals surface area contributed by atoms with Crippen LogP contribution in [0.25, 0.3) is 0 Å². The van der Waals surface area contributed by atoms with E-state index in [1.807, 2.05) is 18.2 Å². The van der Waals surface area contributed by atoms with Crippen LogP contribution < -0.4 is 10.6 Å². The van der Waals surface area contributed by atoms with E-state index in [0.29, 0.717) is 18.4 Å². The molecule has 0 saturated carbocycles. The predicted octanol–water partition coefficient (Wildman–Crippen LogP) is 3.28. The van der Waals surface area contributed by atoms with Crippen molar-refractivity contribution in [3.8, 4) is 0 Å². The summed E-state index contributed by atoms with van der Waals surface area (Å²) >= 11 is 0. The number of carbonyl (C=O) groups excluding carboxylic acids is 1. The van der Waals surface area contributed by atoms with Crippen molar-refractivity contribution in [2.45, 2.75) is 52.6 Å². The first-order valence-electron chi connectivity index (χ1n) is 7.56. The van der Waals surface area contributed by atoms with Gasteiger partial charge in [0.1, 0.15) is 0 Å². The first-order valence-corrected chi connectivity index (χ1v) is 7.56. The van der Waals surface area contributed by atoms with Crippen LogP contribution in [0.1, 0.15) is 52.1 Å². The third kappa shape index (κ3) is 6.71. The molecule has 0 aliphatic rings. The molecular weight excluding hydrogens is 248 g/mol. The number of amides is 1. The number of hydrogen-bond acceptors (Lipinski definition) is 2. The third-order valence-electron chi connectivity index (χ3n) is 3.15. The van der Waals surface area contributed by atoms with Gasteiger partial charge in [-0.25, -0.2) is 0 Å². The molecule has 0 bridgehead atoms. The van der Waals surface area contributed by atoms with Gasteiger partial charge in [0.15, 0.2) is 0 Å². The molecule has 0 saturated heterocycles. The highest BCUT2D eigenvalue weighted by molar-refractivity contribution is 5.76. The zero-order valence-corrected chi connectivity index (χ0v) is 13.1. The van der Waals surface area contributed by atoms with Crippen LogP contribution in [0.4, 0.5) is 0 Å². The molecule has 3 nitrogen and oxygen atoms in total. The maximum Gasteiger partial charge on any atom is 0.221 e. The molecule has 0 radical (unpaired) electrons. The van der Waals surface area contributed by atoms with Gasteiger partial charge in [-0.05, 0) is 17.9 Å². The molecule has 3 heteroatoms. The van der Waals surface area contributed by atoms with E-state index in [4.69, 9.17) is 0 Å².